The molecule has 1 heterocycles. The summed E-state index contributed by atoms with van der Waals surface area (Å²) in [5.74, 6) is 1.24. The van der Waals surface area contributed by atoms with Gasteiger partial charge in [-0.1, -0.05) is 11.8 Å². The highest BCUT2D eigenvalue weighted by molar-refractivity contribution is 7.99. The van der Waals surface area contributed by atoms with Crippen LogP contribution >= 0.6 is 11.8 Å². The maximum absolute atomic E-state index is 11.9. The van der Waals surface area contributed by atoms with Crippen molar-refractivity contribution in [3.8, 4) is 17.1 Å². The molecule has 0 bridgehead atoms. The predicted octanol–water partition coefficient (Wildman–Crippen LogP) is 2.05. The number of hydrogen-bond donors (Lipinski definition) is 2. The Hall–Kier alpha value is -2.55. The number of aromatic nitrogens is 3. The van der Waals surface area contributed by atoms with Gasteiger partial charge in [0.15, 0.2) is 11.0 Å². The van der Waals surface area contributed by atoms with Gasteiger partial charge in [0.05, 0.1) is 12.9 Å². The molecule has 1 fully saturated rings. The zero-order valence-electron chi connectivity index (χ0n) is 14.7. The normalized spacial score (nSPS) is 13.3. The quantitative estimate of drug-likeness (QED) is 0.719. The van der Waals surface area contributed by atoms with Crippen LogP contribution in [0.4, 0.5) is 4.79 Å². The maximum Gasteiger partial charge on any atom is 0.321 e. The van der Waals surface area contributed by atoms with Crippen LogP contribution in [0.15, 0.2) is 29.4 Å². The third-order valence-electron chi connectivity index (χ3n) is 3.88. The number of carbonyl (C=O) groups is 2. The van der Waals surface area contributed by atoms with Crippen LogP contribution in [-0.2, 0) is 11.3 Å². The van der Waals surface area contributed by atoms with Gasteiger partial charge >= 0.3 is 6.03 Å². The van der Waals surface area contributed by atoms with E-state index in [1.165, 1.54) is 11.8 Å². The van der Waals surface area contributed by atoms with E-state index in [1.807, 2.05) is 35.8 Å². The first-order chi connectivity index (χ1) is 12.6. The zero-order chi connectivity index (χ0) is 18.5. The van der Waals surface area contributed by atoms with Crippen molar-refractivity contribution < 1.29 is 14.3 Å². The van der Waals surface area contributed by atoms with Crippen molar-refractivity contribution in [2.75, 3.05) is 12.9 Å². The average Bonchev–Trinajstić information content (AvgIpc) is 3.35. The first kappa shape index (κ1) is 18.2. The van der Waals surface area contributed by atoms with Crippen LogP contribution in [0.2, 0.25) is 0 Å². The van der Waals surface area contributed by atoms with Gasteiger partial charge in [-0.15, -0.1) is 10.2 Å². The Morgan fingerprint density at radius 2 is 2.00 bits per heavy atom. The van der Waals surface area contributed by atoms with E-state index in [2.05, 4.69) is 20.8 Å². The minimum Gasteiger partial charge on any atom is -0.497 e. The molecule has 3 rings (SSSR count). The molecule has 8 nitrogen and oxygen atoms in total. The SMILES string of the molecule is CCn1c(SCC(=O)NC(=O)NC2CC2)nnc1-c1ccc(OC)cc1. The van der Waals surface area contributed by atoms with Gasteiger partial charge in [-0.05, 0) is 44.0 Å². The standard InChI is InChI=1S/C17H21N5O3S/c1-3-22-15(11-4-8-13(25-2)9-5-11)20-21-17(22)26-10-14(23)19-16(24)18-12-6-7-12/h4-5,8-9,12H,3,6-7,10H2,1-2H3,(H2,18,19,23,24). The second kappa shape index (κ2) is 8.22. The number of benzene rings is 1. The number of nitrogens with one attached hydrogen (secondary N) is 2. The third-order valence-corrected chi connectivity index (χ3v) is 4.85. The molecule has 0 aliphatic heterocycles. The lowest BCUT2D eigenvalue weighted by atomic mass is 10.2. The van der Waals surface area contributed by atoms with Crippen molar-refractivity contribution in [3.05, 3.63) is 24.3 Å². The molecular weight excluding hydrogens is 354 g/mol. The molecule has 3 amide bonds. The first-order valence-electron chi connectivity index (χ1n) is 8.41. The number of imide groups is 1. The molecular formula is C17H21N5O3S. The number of ether oxygens (including phenoxy) is 1. The van der Waals surface area contributed by atoms with Crippen molar-refractivity contribution in [3.63, 3.8) is 0 Å². The molecule has 0 unspecified atom stereocenters. The number of nitrogens with zero attached hydrogens (tertiary/aromatic N) is 3. The minimum absolute atomic E-state index is 0.0961. The van der Waals surface area contributed by atoms with E-state index in [1.54, 1.807) is 7.11 Å². The highest BCUT2D eigenvalue weighted by Crippen LogP contribution is 2.25. The van der Waals surface area contributed by atoms with E-state index < -0.39 is 6.03 Å². The zero-order valence-corrected chi connectivity index (χ0v) is 15.5. The Labute approximate surface area is 155 Å². The van der Waals surface area contributed by atoms with Crippen molar-refractivity contribution in [1.29, 1.82) is 0 Å². The number of carbonyl (C=O) groups excluding carboxylic acids is 2. The average molecular weight is 375 g/mol. The maximum atomic E-state index is 11.9. The van der Waals surface area contributed by atoms with Crippen molar-refractivity contribution in [2.24, 2.45) is 0 Å². The topological polar surface area (TPSA) is 98.1 Å². The summed E-state index contributed by atoms with van der Waals surface area (Å²) in [7, 11) is 1.62. The van der Waals surface area contributed by atoms with E-state index in [0.29, 0.717) is 11.7 Å². The number of thioether (sulfide) groups is 1. The van der Waals surface area contributed by atoms with Gasteiger partial charge in [-0.25, -0.2) is 4.79 Å². The number of urea groups is 1. The molecule has 26 heavy (non-hydrogen) atoms. The fourth-order valence-electron chi connectivity index (χ4n) is 2.38. The number of hydrogen-bond acceptors (Lipinski definition) is 6. The molecule has 1 saturated carbocycles. The number of rotatable bonds is 7. The van der Waals surface area contributed by atoms with Crippen molar-refractivity contribution in [2.45, 2.75) is 37.5 Å². The van der Waals surface area contributed by atoms with Gasteiger partial charge in [0, 0.05) is 18.2 Å². The monoisotopic (exact) mass is 375 g/mol. The summed E-state index contributed by atoms with van der Waals surface area (Å²) in [6.45, 7) is 2.66. The summed E-state index contributed by atoms with van der Waals surface area (Å²) in [6, 6.07) is 7.34. The molecule has 0 atom stereocenters. The minimum atomic E-state index is -0.436. The molecule has 0 saturated heterocycles. The van der Waals surface area contributed by atoms with Gasteiger partial charge < -0.3 is 14.6 Å². The highest BCUT2D eigenvalue weighted by Gasteiger charge is 2.24. The summed E-state index contributed by atoms with van der Waals surface area (Å²) in [5, 5.41) is 14.1. The summed E-state index contributed by atoms with van der Waals surface area (Å²) < 4.78 is 7.10. The highest BCUT2D eigenvalue weighted by atomic mass is 32.2. The van der Waals surface area contributed by atoms with Crippen LogP contribution in [0.25, 0.3) is 11.4 Å². The second-order valence-corrected chi connectivity index (χ2v) is 6.81. The Kier molecular flexibility index (Phi) is 5.77. The van der Waals surface area contributed by atoms with E-state index in [4.69, 9.17) is 4.74 Å². The summed E-state index contributed by atoms with van der Waals surface area (Å²) in [5.41, 5.74) is 0.917. The Bertz CT molecular complexity index is 786. The van der Waals surface area contributed by atoms with E-state index in [9.17, 15) is 9.59 Å². The Balaban J connectivity index is 1.61. The first-order valence-corrected chi connectivity index (χ1v) is 9.40. The van der Waals surface area contributed by atoms with E-state index in [-0.39, 0.29) is 17.7 Å². The Morgan fingerprint density at radius 3 is 2.62 bits per heavy atom. The molecule has 9 heteroatoms. The van der Waals surface area contributed by atoms with Gasteiger partial charge in [-0.3, -0.25) is 10.1 Å². The summed E-state index contributed by atoms with van der Waals surface area (Å²) in [6.07, 6.45) is 1.95. The molecule has 0 radical (unpaired) electrons. The van der Waals surface area contributed by atoms with Crippen LogP contribution in [0.3, 0.4) is 0 Å². The van der Waals surface area contributed by atoms with Crippen LogP contribution in [-0.4, -0.2) is 45.6 Å². The lowest BCUT2D eigenvalue weighted by molar-refractivity contribution is -0.117. The van der Waals surface area contributed by atoms with E-state index >= 15 is 0 Å². The molecule has 138 valence electrons. The molecule has 0 spiro atoms. The van der Waals surface area contributed by atoms with Gasteiger partial charge in [0.2, 0.25) is 5.91 Å². The second-order valence-electron chi connectivity index (χ2n) is 5.86. The van der Waals surface area contributed by atoms with Crippen molar-refractivity contribution in [1.82, 2.24) is 25.4 Å². The molecule has 1 aliphatic rings. The van der Waals surface area contributed by atoms with Crippen LogP contribution in [0.1, 0.15) is 19.8 Å². The molecule has 1 aliphatic carbocycles. The summed E-state index contributed by atoms with van der Waals surface area (Å²) in [4.78, 5) is 23.5. The Morgan fingerprint density at radius 1 is 1.27 bits per heavy atom. The van der Waals surface area contributed by atoms with Gasteiger partial charge in [-0.2, -0.15) is 0 Å². The largest absolute Gasteiger partial charge is 0.497 e. The lowest BCUT2D eigenvalue weighted by Gasteiger charge is -2.08. The van der Waals surface area contributed by atoms with E-state index in [0.717, 1.165) is 30.0 Å². The van der Waals surface area contributed by atoms with Crippen molar-refractivity contribution >= 4 is 23.7 Å². The molecule has 1 aromatic carbocycles. The molecule has 1 aromatic heterocycles. The van der Waals surface area contributed by atoms with Crippen LogP contribution < -0.4 is 15.4 Å². The van der Waals surface area contributed by atoms with Gasteiger partial charge in [0.25, 0.3) is 0 Å². The lowest BCUT2D eigenvalue weighted by Crippen LogP contribution is -2.41. The van der Waals surface area contributed by atoms with Crippen LogP contribution in [0.5, 0.6) is 5.75 Å². The summed E-state index contributed by atoms with van der Waals surface area (Å²) >= 11 is 1.25. The van der Waals surface area contributed by atoms with Crippen LogP contribution in [0, 0.1) is 0 Å². The molecule has 2 N–H and O–H groups in total. The number of amides is 3. The van der Waals surface area contributed by atoms with Gasteiger partial charge in [0.1, 0.15) is 5.75 Å². The fraction of sp³-hybridized carbons (Fsp3) is 0.412. The predicted molar refractivity (Wildman–Crippen MR) is 98.1 cm³/mol. The third kappa shape index (κ3) is 4.54. The molecule has 2 aromatic rings. The number of methoxy groups -OCH3 is 1. The smallest absolute Gasteiger partial charge is 0.321 e. The fourth-order valence-corrected chi connectivity index (χ4v) is 3.18.